The Bertz CT molecular complexity index is 2330. The van der Waals surface area contributed by atoms with Crippen LogP contribution in [0.3, 0.4) is 0 Å². The first-order valence-electron chi connectivity index (χ1n) is 18.9. The standard InChI is InChI=1S/C42H42N4O14/c1-25(47)59-23-31-15-27-9-4-6-11-29(27)21-43(31)41(50)33-17-37(49)38(19-35(33)45(52)53)57-13-8-14-58-40-20-36(46(54)55)34(18-39(40)56-3)42(51)44-22-30-12-7-5-10-28(30)16-32(44)24-60-26(2)48/h4-7,9-12,17-20,31-32,49H,8,13-16,21-24H2,1-3H3. The fraction of sp³-hybridized carbons (Fsp3) is 0.333. The van der Waals surface area contributed by atoms with Gasteiger partial charge in [-0.25, -0.2) is 0 Å². The van der Waals surface area contributed by atoms with Gasteiger partial charge >= 0.3 is 11.9 Å². The van der Waals surface area contributed by atoms with Gasteiger partial charge in [0.05, 0.1) is 54.4 Å². The molecule has 0 aliphatic carbocycles. The van der Waals surface area contributed by atoms with E-state index >= 15 is 0 Å². The third-order valence-electron chi connectivity index (χ3n) is 10.2. The lowest BCUT2D eigenvalue weighted by Gasteiger charge is -2.36. The van der Waals surface area contributed by atoms with E-state index in [9.17, 15) is 44.5 Å². The van der Waals surface area contributed by atoms with Gasteiger partial charge in [-0.15, -0.1) is 0 Å². The van der Waals surface area contributed by atoms with E-state index < -0.39 is 62.8 Å². The number of carbonyl (C=O) groups is 4. The van der Waals surface area contributed by atoms with Crippen LogP contribution in [0, 0.1) is 20.2 Å². The summed E-state index contributed by atoms with van der Waals surface area (Å²) in [6.45, 7) is 2.22. The highest BCUT2D eigenvalue weighted by Crippen LogP contribution is 2.38. The summed E-state index contributed by atoms with van der Waals surface area (Å²) in [5, 5.41) is 35.4. The molecule has 2 atom stereocenters. The molecule has 18 nitrogen and oxygen atoms in total. The summed E-state index contributed by atoms with van der Waals surface area (Å²) in [7, 11) is 1.31. The van der Waals surface area contributed by atoms with Crippen LogP contribution < -0.4 is 14.2 Å². The van der Waals surface area contributed by atoms with Crippen molar-refractivity contribution in [3.05, 3.63) is 126 Å². The second kappa shape index (κ2) is 18.6. The number of amides is 2. The number of benzene rings is 4. The van der Waals surface area contributed by atoms with Gasteiger partial charge in [-0.05, 0) is 35.1 Å². The van der Waals surface area contributed by atoms with Crippen LogP contribution in [-0.4, -0.2) is 94.1 Å². The molecule has 0 saturated heterocycles. The maximum Gasteiger partial charge on any atom is 0.302 e. The zero-order valence-electron chi connectivity index (χ0n) is 33.0. The van der Waals surface area contributed by atoms with Crippen LogP contribution >= 0.6 is 0 Å². The van der Waals surface area contributed by atoms with E-state index in [1.54, 1.807) is 6.07 Å². The molecule has 4 aromatic rings. The summed E-state index contributed by atoms with van der Waals surface area (Å²) in [4.78, 5) is 77.0. The van der Waals surface area contributed by atoms with E-state index in [4.69, 9.17) is 23.7 Å². The fourth-order valence-electron chi connectivity index (χ4n) is 7.25. The van der Waals surface area contributed by atoms with Gasteiger partial charge < -0.3 is 38.6 Å². The minimum absolute atomic E-state index is 0.0274. The largest absolute Gasteiger partial charge is 0.504 e. The number of esters is 2. The molecule has 2 amide bonds. The third-order valence-corrected chi connectivity index (χ3v) is 10.2. The molecular formula is C42H42N4O14. The lowest BCUT2D eigenvalue weighted by molar-refractivity contribution is -0.385. The summed E-state index contributed by atoms with van der Waals surface area (Å²) >= 11 is 0. The molecule has 2 aliphatic rings. The normalized spacial score (nSPS) is 15.5. The van der Waals surface area contributed by atoms with E-state index in [-0.39, 0.29) is 74.3 Å². The van der Waals surface area contributed by atoms with Crippen molar-refractivity contribution < 1.29 is 57.8 Å². The summed E-state index contributed by atoms with van der Waals surface area (Å²) in [6.07, 6.45) is 0.819. The smallest absolute Gasteiger partial charge is 0.302 e. The number of phenols is 1. The number of nitro groups is 2. The van der Waals surface area contributed by atoms with Gasteiger partial charge in [0.1, 0.15) is 24.3 Å². The maximum atomic E-state index is 14.0. The molecule has 2 unspecified atom stereocenters. The fourth-order valence-corrected chi connectivity index (χ4v) is 7.25. The number of phenolic OH excluding ortho intramolecular Hbond substituents is 1. The van der Waals surface area contributed by atoms with E-state index in [1.807, 2.05) is 42.5 Å². The highest BCUT2D eigenvalue weighted by atomic mass is 16.6. The lowest BCUT2D eigenvalue weighted by atomic mass is 9.93. The predicted molar refractivity (Wildman–Crippen MR) is 211 cm³/mol. The maximum absolute atomic E-state index is 14.0. The van der Waals surface area contributed by atoms with Crippen molar-refractivity contribution in [1.82, 2.24) is 9.80 Å². The first-order valence-corrected chi connectivity index (χ1v) is 18.9. The van der Waals surface area contributed by atoms with Gasteiger partial charge in [0.25, 0.3) is 23.2 Å². The number of nitrogens with zero attached hydrogens (tertiary/aromatic N) is 4. The minimum Gasteiger partial charge on any atom is -0.504 e. The molecule has 2 heterocycles. The number of ether oxygens (including phenoxy) is 5. The van der Waals surface area contributed by atoms with Crippen LogP contribution in [0.1, 0.15) is 63.2 Å². The van der Waals surface area contributed by atoms with Crippen molar-refractivity contribution in [2.45, 2.75) is 58.3 Å². The van der Waals surface area contributed by atoms with Crippen LogP contribution in [0.5, 0.6) is 23.0 Å². The molecule has 4 aromatic carbocycles. The SMILES string of the molecule is COc1cc(C(=O)N2Cc3ccccc3CC2COC(C)=O)c([N+](=O)[O-])cc1OCCCOc1cc([N+](=O)[O-])c(C(=O)N2Cc3ccccc3CC2COC(C)=O)cc1O. The molecule has 2 aliphatic heterocycles. The number of nitro benzene ring substituents is 2. The number of aromatic hydroxyl groups is 1. The first-order chi connectivity index (χ1) is 28.7. The van der Waals surface area contributed by atoms with Crippen LogP contribution in [0.25, 0.3) is 0 Å². The summed E-state index contributed by atoms with van der Waals surface area (Å²) in [5.41, 5.74) is 1.77. The number of methoxy groups -OCH3 is 1. The summed E-state index contributed by atoms with van der Waals surface area (Å²) in [6, 6.07) is 17.8. The van der Waals surface area contributed by atoms with E-state index in [0.717, 1.165) is 40.5 Å². The Hall–Kier alpha value is -7.24. The van der Waals surface area contributed by atoms with Gasteiger partial charge in [-0.3, -0.25) is 39.4 Å². The van der Waals surface area contributed by atoms with Crippen molar-refractivity contribution in [2.24, 2.45) is 0 Å². The molecule has 1 N–H and O–H groups in total. The van der Waals surface area contributed by atoms with Gasteiger partial charge in [-0.2, -0.15) is 0 Å². The van der Waals surface area contributed by atoms with E-state index in [0.29, 0.717) is 12.8 Å². The average molecular weight is 827 g/mol. The van der Waals surface area contributed by atoms with Gasteiger partial charge in [0.15, 0.2) is 23.0 Å². The number of rotatable bonds is 15. The summed E-state index contributed by atoms with van der Waals surface area (Å²) in [5.74, 6) is -3.33. The predicted octanol–water partition coefficient (Wildman–Crippen LogP) is 5.33. The quantitative estimate of drug-likeness (QED) is 0.0692. The molecule has 6 rings (SSSR count). The van der Waals surface area contributed by atoms with Crippen LogP contribution in [0.2, 0.25) is 0 Å². The highest BCUT2D eigenvalue weighted by molar-refractivity contribution is 6.00. The second-order valence-electron chi connectivity index (χ2n) is 14.1. The second-order valence-corrected chi connectivity index (χ2v) is 14.1. The lowest BCUT2D eigenvalue weighted by Crippen LogP contribution is -2.47. The molecule has 0 fully saturated rings. The van der Waals surface area contributed by atoms with Gasteiger partial charge in [0, 0.05) is 45.5 Å². The molecule has 0 aromatic heterocycles. The Labute approximate surface area is 343 Å². The molecule has 60 heavy (non-hydrogen) atoms. The minimum atomic E-state index is -0.764. The monoisotopic (exact) mass is 826 g/mol. The molecule has 0 bridgehead atoms. The highest BCUT2D eigenvalue weighted by Gasteiger charge is 2.37. The average Bonchev–Trinajstić information content (AvgIpc) is 3.23. The molecule has 314 valence electrons. The number of carbonyl (C=O) groups excluding carboxylic acids is 4. The van der Waals surface area contributed by atoms with Gasteiger partial charge in [0.2, 0.25) is 0 Å². The molecular weight excluding hydrogens is 784 g/mol. The van der Waals surface area contributed by atoms with Crippen LogP contribution in [0.4, 0.5) is 11.4 Å². The molecule has 0 radical (unpaired) electrons. The van der Waals surface area contributed by atoms with Crippen molar-refractivity contribution in [3.63, 3.8) is 0 Å². The molecule has 18 heteroatoms. The van der Waals surface area contributed by atoms with Crippen LogP contribution in [0.15, 0.2) is 72.8 Å². The Balaban J connectivity index is 1.14. The van der Waals surface area contributed by atoms with Gasteiger partial charge in [-0.1, -0.05) is 48.5 Å². The van der Waals surface area contributed by atoms with Crippen molar-refractivity contribution >= 4 is 35.1 Å². The summed E-state index contributed by atoms with van der Waals surface area (Å²) < 4.78 is 27.4. The Morgan fingerprint density at radius 2 is 1.10 bits per heavy atom. The van der Waals surface area contributed by atoms with E-state index in [2.05, 4.69) is 0 Å². The third kappa shape index (κ3) is 9.54. The molecule has 0 saturated carbocycles. The van der Waals surface area contributed by atoms with Crippen molar-refractivity contribution in [3.8, 4) is 23.0 Å². The number of fused-ring (bicyclic) bond motifs is 2. The Morgan fingerprint density at radius 3 is 1.55 bits per heavy atom. The molecule has 0 spiro atoms. The van der Waals surface area contributed by atoms with Crippen molar-refractivity contribution in [1.29, 1.82) is 0 Å². The Morgan fingerprint density at radius 1 is 0.667 bits per heavy atom. The zero-order valence-corrected chi connectivity index (χ0v) is 33.0. The first kappa shape index (κ1) is 42.4. The zero-order chi connectivity index (χ0) is 43.1. The number of hydrogen-bond acceptors (Lipinski definition) is 14. The topological polar surface area (TPSA) is 227 Å². The van der Waals surface area contributed by atoms with Crippen molar-refractivity contribution in [2.75, 3.05) is 33.5 Å². The number of hydrogen-bond donors (Lipinski definition) is 1. The van der Waals surface area contributed by atoms with E-state index in [1.165, 1.54) is 36.8 Å². The Kier molecular flexibility index (Phi) is 13.1. The van der Waals surface area contributed by atoms with Crippen LogP contribution in [-0.2, 0) is 45.0 Å².